The van der Waals surface area contributed by atoms with E-state index in [0.717, 1.165) is 0 Å². The van der Waals surface area contributed by atoms with Crippen molar-refractivity contribution in [1.29, 1.82) is 0 Å². The topological polar surface area (TPSA) is 63.3 Å². The first-order chi connectivity index (χ1) is 7.37. The zero-order valence-corrected chi connectivity index (χ0v) is 9.61. The quantitative estimate of drug-likeness (QED) is 0.657. The summed E-state index contributed by atoms with van der Waals surface area (Å²) in [5, 5.41) is 8.78. The Kier molecular flexibility index (Phi) is 7.57. The molecule has 3 nitrogen and oxygen atoms in total. The van der Waals surface area contributed by atoms with Crippen LogP contribution in [0.1, 0.15) is 25.7 Å². The molecule has 0 aromatic heterocycles. The molecule has 0 bridgehead atoms. The van der Waals surface area contributed by atoms with Gasteiger partial charge in [-0.2, -0.15) is 13.2 Å². The van der Waals surface area contributed by atoms with Gasteiger partial charge in [0.05, 0.1) is 5.92 Å². The normalized spacial score (nSPS) is 13.8. The first-order valence-electron chi connectivity index (χ1n) is 5.00. The van der Waals surface area contributed by atoms with E-state index in [0.29, 0.717) is 25.8 Å². The summed E-state index contributed by atoms with van der Waals surface area (Å²) in [6.07, 6.45) is 1.79. The van der Waals surface area contributed by atoms with E-state index in [4.69, 9.17) is 10.8 Å². The van der Waals surface area contributed by atoms with Gasteiger partial charge in [-0.1, -0.05) is 18.2 Å². The Morgan fingerprint density at radius 2 is 1.94 bits per heavy atom. The maximum Gasteiger partial charge on any atom is 0.441 e. The first kappa shape index (κ1) is 15.6. The lowest BCUT2D eigenvalue weighted by Crippen LogP contribution is -2.16. The molecule has 0 radical (unpaired) electrons. The van der Waals surface area contributed by atoms with Crippen LogP contribution >= 0.6 is 11.8 Å². The van der Waals surface area contributed by atoms with Gasteiger partial charge < -0.3 is 10.8 Å². The summed E-state index contributed by atoms with van der Waals surface area (Å²) in [5.41, 5.74) is 0.970. The average molecular weight is 259 g/mol. The van der Waals surface area contributed by atoms with Gasteiger partial charge in [0, 0.05) is 5.75 Å². The molecule has 3 N–H and O–H groups in total. The smallest absolute Gasteiger partial charge is 0.441 e. The van der Waals surface area contributed by atoms with Crippen LogP contribution in [0.15, 0.2) is 0 Å². The highest BCUT2D eigenvalue weighted by Crippen LogP contribution is 2.31. The van der Waals surface area contributed by atoms with Gasteiger partial charge in [-0.05, 0) is 25.8 Å². The van der Waals surface area contributed by atoms with Gasteiger partial charge in [-0.15, -0.1) is 0 Å². The number of hydrogen-bond donors (Lipinski definition) is 2. The highest BCUT2D eigenvalue weighted by atomic mass is 32.2. The lowest BCUT2D eigenvalue weighted by Gasteiger charge is -2.12. The number of thioether (sulfide) groups is 1. The minimum absolute atomic E-state index is 0.0457. The van der Waals surface area contributed by atoms with Crippen molar-refractivity contribution in [2.24, 2.45) is 11.7 Å². The lowest BCUT2D eigenvalue weighted by atomic mass is 9.99. The van der Waals surface area contributed by atoms with Crippen molar-refractivity contribution in [3.63, 3.8) is 0 Å². The van der Waals surface area contributed by atoms with Gasteiger partial charge in [0.25, 0.3) is 0 Å². The maximum atomic E-state index is 11.8. The number of rotatable bonds is 8. The number of unbranched alkanes of at least 4 members (excludes halogenated alkanes) is 1. The Balaban J connectivity index is 3.81. The summed E-state index contributed by atoms with van der Waals surface area (Å²) in [4.78, 5) is 10.7. The summed E-state index contributed by atoms with van der Waals surface area (Å²) in [7, 11) is 0. The van der Waals surface area contributed by atoms with Crippen molar-refractivity contribution in [2.45, 2.75) is 31.2 Å². The van der Waals surface area contributed by atoms with E-state index in [9.17, 15) is 18.0 Å². The minimum Gasteiger partial charge on any atom is -0.481 e. The van der Waals surface area contributed by atoms with Crippen LogP contribution in [0.5, 0.6) is 0 Å². The SMILES string of the molecule is NCCCCC(CCSC(F)(F)F)C(=O)O. The molecule has 0 aromatic rings. The number of carbonyl (C=O) groups is 1. The molecule has 1 atom stereocenters. The zero-order valence-electron chi connectivity index (χ0n) is 8.79. The lowest BCUT2D eigenvalue weighted by molar-refractivity contribution is -0.142. The summed E-state index contributed by atoms with van der Waals surface area (Å²) in [5.74, 6) is -1.93. The van der Waals surface area contributed by atoms with E-state index in [-0.39, 0.29) is 23.9 Å². The fraction of sp³-hybridized carbons (Fsp3) is 0.889. The van der Waals surface area contributed by atoms with Crippen LogP contribution in [-0.4, -0.2) is 28.9 Å². The van der Waals surface area contributed by atoms with Gasteiger partial charge in [-0.3, -0.25) is 4.79 Å². The fourth-order valence-corrected chi connectivity index (χ4v) is 1.88. The highest BCUT2D eigenvalue weighted by molar-refractivity contribution is 8.00. The zero-order chi connectivity index (χ0) is 12.6. The summed E-state index contributed by atoms with van der Waals surface area (Å²) < 4.78 is 35.4. The van der Waals surface area contributed by atoms with Crippen molar-refractivity contribution in [3.05, 3.63) is 0 Å². The standard InChI is InChI=1S/C9H16F3NO2S/c10-9(11,12)16-6-4-7(8(14)15)3-1-2-5-13/h7H,1-6,13H2,(H,14,15). The summed E-state index contributed by atoms with van der Waals surface area (Å²) in [6, 6.07) is 0. The van der Waals surface area contributed by atoms with Crippen LogP contribution in [-0.2, 0) is 4.79 Å². The molecule has 16 heavy (non-hydrogen) atoms. The summed E-state index contributed by atoms with van der Waals surface area (Å²) >= 11 is -0.170. The van der Waals surface area contributed by atoms with Gasteiger partial charge in [0.15, 0.2) is 0 Å². The molecule has 0 saturated carbocycles. The third-order valence-corrected chi connectivity index (χ3v) is 2.86. The predicted octanol–water partition coefficient (Wildman–Crippen LogP) is 2.46. The maximum absolute atomic E-state index is 11.8. The molecule has 96 valence electrons. The Labute approximate surface area is 96.6 Å². The molecule has 1 unspecified atom stereocenters. The molecular weight excluding hydrogens is 243 g/mol. The highest BCUT2D eigenvalue weighted by Gasteiger charge is 2.28. The molecule has 0 saturated heterocycles. The average Bonchev–Trinajstić information content (AvgIpc) is 2.13. The third-order valence-electron chi connectivity index (χ3n) is 2.09. The van der Waals surface area contributed by atoms with Crippen LogP contribution in [0.4, 0.5) is 13.2 Å². The van der Waals surface area contributed by atoms with E-state index < -0.39 is 17.4 Å². The second kappa shape index (κ2) is 7.78. The largest absolute Gasteiger partial charge is 0.481 e. The van der Waals surface area contributed by atoms with Crippen molar-refractivity contribution in [1.82, 2.24) is 0 Å². The van der Waals surface area contributed by atoms with Crippen LogP contribution in [0, 0.1) is 5.92 Å². The molecule has 0 amide bonds. The predicted molar refractivity (Wildman–Crippen MR) is 57.2 cm³/mol. The number of nitrogens with two attached hydrogens (primary N) is 1. The monoisotopic (exact) mass is 259 g/mol. The number of carboxylic acids is 1. The van der Waals surface area contributed by atoms with Crippen LogP contribution in [0.25, 0.3) is 0 Å². The summed E-state index contributed by atoms with van der Waals surface area (Å²) in [6.45, 7) is 0.476. The Bertz CT molecular complexity index is 211. The Morgan fingerprint density at radius 1 is 1.31 bits per heavy atom. The third kappa shape index (κ3) is 8.84. The number of hydrogen-bond acceptors (Lipinski definition) is 3. The van der Waals surface area contributed by atoms with Crippen molar-refractivity contribution in [2.75, 3.05) is 12.3 Å². The molecule has 0 aliphatic rings. The van der Waals surface area contributed by atoms with Crippen molar-refractivity contribution >= 4 is 17.7 Å². The van der Waals surface area contributed by atoms with Crippen LogP contribution in [0.2, 0.25) is 0 Å². The molecule has 0 aliphatic carbocycles. The second-order valence-electron chi connectivity index (χ2n) is 3.40. The minimum atomic E-state index is -4.28. The van der Waals surface area contributed by atoms with E-state index >= 15 is 0 Å². The number of halogens is 3. The van der Waals surface area contributed by atoms with Gasteiger partial charge in [0.1, 0.15) is 0 Å². The van der Waals surface area contributed by atoms with E-state index in [1.165, 1.54) is 0 Å². The van der Waals surface area contributed by atoms with Crippen molar-refractivity contribution < 1.29 is 23.1 Å². The van der Waals surface area contributed by atoms with Gasteiger partial charge in [0.2, 0.25) is 0 Å². The molecule has 7 heteroatoms. The van der Waals surface area contributed by atoms with Gasteiger partial charge in [-0.25, -0.2) is 0 Å². The molecule has 0 heterocycles. The number of aliphatic carboxylic acids is 1. The Morgan fingerprint density at radius 3 is 2.38 bits per heavy atom. The van der Waals surface area contributed by atoms with Crippen LogP contribution < -0.4 is 5.73 Å². The molecule has 0 rings (SSSR count). The van der Waals surface area contributed by atoms with E-state index in [1.54, 1.807) is 0 Å². The van der Waals surface area contributed by atoms with E-state index in [1.807, 2.05) is 0 Å². The van der Waals surface area contributed by atoms with Gasteiger partial charge >= 0.3 is 11.5 Å². The van der Waals surface area contributed by atoms with Crippen molar-refractivity contribution in [3.8, 4) is 0 Å². The molecule has 0 spiro atoms. The first-order valence-corrected chi connectivity index (χ1v) is 5.99. The molecular formula is C9H16F3NO2S. The molecule has 0 aromatic carbocycles. The second-order valence-corrected chi connectivity index (χ2v) is 4.56. The van der Waals surface area contributed by atoms with E-state index in [2.05, 4.69) is 0 Å². The fourth-order valence-electron chi connectivity index (χ4n) is 1.24. The molecule has 0 aliphatic heterocycles. The Hall–Kier alpha value is -0.430. The number of carboxylic acid groups (broad SMARTS) is 1. The molecule has 0 fully saturated rings. The number of alkyl halides is 3. The van der Waals surface area contributed by atoms with Crippen LogP contribution in [0.3, 0.4) is 0 Å².